The normalized spacial score (nSPS) is 14.0. The lowest BCUT2D eigenvalue weighted by Gasteiger charge is -2.16. The van der Waals surface area contributed by atoms with Crippen molar-refractivity contribution in [2.75, 3.05) is 5.32 Å². The molecule has 4 nitrogen and oxygen atoms in total. The first-order chi connectivity index (χ1) is 11.4. The molecule has 2 aromatic rings. The van der Waals surface area contributed by atoms with E-state index in [1.807, 2.05) is 25.1 Å². The number of carbonyl (C=O) groups excluding carboxylic acids is 2. The van der Waals surface area contributed by atoms with E-state index in [0.29, 0.717) is 6.42 Å². The van der Waals surface area contributed by atoms with Crippen molar-refractivity contribution in [3.8, 4) is 0 Å². The second-order valence-corrected chi connectivity index (χ2v) is 6.21. The molecule has 0 fully saturated rings. The molecule has 0 radical (unpaired) electrons. The smallest absolute Gasteiger partial charge is 0.228 e. The van der Waals surface area contributed by atoms with Crippen LogP contribution in [-0.4, -0.2) is 11.8 Å². The third-order valence-electron chi connectivity index (χ3n) is 4.03. The average molecular weight is 347 g/mol. The first kappa shape index (κ1) is 16.5. The van der Waals surface area contributed by atoms with Gasteiger partial charge < -0.3 is 10.6 Å². The van der Waals surface area contributed by atoms with Gasteiger partial charge in [-0.05, 0) is 36.2 Å². The molecule has 124 valence electrons. The number of halogens is 2. The van der Waals surface area contributed by atoms with Gasteiger partial charge in [0.1, 0.15) is 5.82 Å². The van der Waals surface area contributed by atoms with Gasteiger partial charge in [-0.3, -0.25) is 9.59 Å². The Kier molecular flexibility index (Phi) is 4.53. The molecule has 6 heteroatoms. The molecule has 2 aromatic carbocycles. The number of carbonyl (C=O) groups is 2. The van der Waals surface area contributed by atoms with Crippen molar-refractivity contribution in [1.29, 1.82) is 0 Å². The van der Waals surface area contributed by atoms with Crippen molar-refractivity contribution < 1.29 is 14.0 Å². The van der Waals surface area contributed by atoms with E-state index < -0.39 is 5.82 Å². The first-order valence-corrected chi connectivity index (χ1v) is 7.97. The minimum atomic E-state index is -0.493. The van der Waals surface area contributed by atoms with Gasteiger partial charge in [0, 0.05) is 16.3 Å². The molecule has 0 aromatic heterocycles. The van der Waals surface area contributed by atoms with Crippen LogP contribution in [0.3, 0.4) is 0 Å². The van der Waals surface area contributed by atoms with Crippen LogP contribution in [0.15, 0.2) is 36.4 Å². The summed E-state index contributed by atoms with van der Waals surface area (Å²) >= 11 is 5.95. The Bertz CT molecular complexity index is 802. The Morgan fingerprint density at radius 3 is 2.92 bits per heavy atom. The van der Waals surface area contributed by atoms with Crippen LogP contribution in [0, 0.1) is 5.82 Å². The van der Waals surface area contributed by atoms with Crippen molar-refractivity contribution in [2.45, 2.75) is 25.8 Å². The highest BCUT2D eigenvalue weighted by molar-refractivity contribution is 6.31. The minimum absolute atomic E-state index is 0.0342. The van der Waals surface area contributed by atoms with Crippen molar-refractivity contribution in [3.63, 3.8) is 0 Å². The third kappa shape index (κ3) is 3.41. The van der Waals surface area contributed by atoms with Crippen LogP contribution in [0.5, 0.6) is 0 Å². The molecule has 1 aliphatic rings. The number of fused-ring (bicyclic) bond motifs is 1. The standard InChI is InChI=1S/C18H16ClFN2O2/c1-10(11-5-6-16-12(7-11)8-17(23)22-16)21-18(24)9-13-14(19)3-2-4-15(13)20/h2-7,10H,8-9H2,1H3,(H,21,24)(H,22,23)/t10-/m1/s1. The quantitative estimate of drug-likeness (QED) is 0.891. The van der Waals surface area contributed by atoms with Crippen LogP contribution in [0.2, 0.25) is 5.02 Å². The summed E-state index contributed by atoms with van der Waals surface area (Å²) in [6.45, 7) is 1.84. The highest BCUT2D eigenvalue weighted by Gasteiger charge is 2.20. The van der Waals surface area contributed by atoms with E-state index in [1.54, 1.807) is 6.07 Å². The maximum atomic E-state index is 13.8. The average Bonchev–Trinajstić information content (AvgIpc) is 2.90. The van der Waals surface area contributed by atoms with Crippen LogP contribution in [0.25, 0.3) is 0 Å². The molecule has 24 heavy (non-hydrogen) atoms. The first-order valence-electron chi connectivity index (χ1n) is 7.59. The summed E-state index contributed by atoms with van der Waals surface area (Å²) in [6, 6.07) is 9.65. The Balaban J connectivity index is 1.69. The van der Waals surface area contributed by atoms with E-state index >= 15 is 0 Å². The molecular weight excluding hydrogens is 331 g/mol. The summed E-state index contributed by atoms with van der Waals surface area (Å²) in [5.41, 5.74) is 2.79. The number of rotatable bonds is 4. The monoisotopic (exact) mass is 346 g/mol. The molecule has 0 saturated heterocycles. The van der Waals surface area contributed by atoms with Crippen LogP contribution in [-0.2, 0) is 22.4 Å². The zero-order valence-corrected chi connectivity index (χ0v) is 13.8. The van der Waals surface area contributed by atoms with Gasteiger partial charge in [0.25, 0.3) is 0 Å². The number of hydrogen-bond acceptors (Lipinski definition) is 2. The maximum Gasteiger partial charge on any atom is 0.228 e. The fraction of sp³-hybridized carbons (Fsp3) is 0.222. The second kappa shape index (κ2) is 6.61. The van der Waals surface area contributed by atoms with E-state index in [-0.39, 0.29) is 34.9 Å². The van der Waals surface area contributed by atoms with Gasteiger partial charge in [0.2, 0.25) is 11.8 Å². The highest BCUT2D eigenvalue weighted by atomic mass is 35.5. The fourth-order valence-corrected chi connectivity index (χ4v) is 2.99. The summed E-state index contributed by atoms with van der Waals surface area (Å²) < 4.78 is 13.8. The maximum absolute atomic E-state index is 13.8. The molecular formula is C18H16ClFN2O2. The van der Waals surface area contributed by atoms with Crippen LogP contribution < -0.4 is 10.6 Å². The minimum Gasteiger partial charge on any atom is -0.349 e. The van der Waals surface area contributed by atoms with Gasteiger partial charge in [0.15, 0.2) is 0 Å². The fourth-order valence-electron chi connectivity index (χ4n) is 2.76. The van der Waals surface area contributed by atoms with E-state index in [2.05, 4.69) is 10.6 Å². The van der Waals surface area contributed by atoms with E-state index in [0.717, 1.165) is 16.8 Å². The van der Waals surface area contributed by atoms with Gasteiger partial charge in [-0.15, -0.1) is 0 Å². The number of benzene rings is 2. The molecule has 0 saturated carbocycles. The van der Waals surface area contributed by atoms with Crippen molar-refractivity contribution in [3.05, 3.63) is 63.9 Å². The molecule has 1 heterocycles. The predicted octanol–water partition coefficient (Wildman–Crippen LogP) is 3.39. The second-order valence-electron chi connectivity index (χ2n) is 5.81. The van der Waals surface area contributed by atoms with Gasteiger partial charge in [-0.25, -0.2) is 4.39 Å². The molecule has 1 aliphatic heterocycles. The van der Waals surface area contributed by atoms with Gasteiger partial charge in [-0.2, -0.15) is 0 Å². The van der Waals surface area contributed by atoms with Crippen molar-refractivity contribution in [2.24, 2.45) is 0 Å². The van der Waals surface area contributed by atoms with Crippen LogP contribution >= 0.6 is 11.6 Å². The molecule has 2 amide bonds. The summed E-state index contributed by atoms with van der Waals surface area (Å²) in [6.07, 6.45) is 0.218. The molecule has 0 aliphatic carbocycles. The summed E-state index contributed by atoms with van der Waals surface area (Å²) in [5.74, 6) is -0.843. The molecule has 0 unspecified atom stereocenters. The van der Waals surface area contributed by atoms with Gasteiger partial charge in [-0.1, -0.05) is 29.8 Å². The Morgan fingerprint density at radius 1 is 1.38 bits per heavy atom. The highest BCUT2D eigenvalue weighted by Crippen LogP contribution is 2.26. The number of nitrogens with one attached hydrogen (secondary N) is 2. The van der Waals surface area contributed by atoms with Crippen molar-refractivity contribution >= 4 is 29.1 Å². The van der Waals surface area contributed by atoms with E-state index in [9.17, 15) is 14.0 Å². The topological polar surface area (TPSA) is 58.2 Å². The molecule has 1 atom stereocenters. The summed E-state index contributed by atoms with van der Waals surface area (Å²) in [7, 11) is 0. The summed E-state index contributed by atoms with van der Waals surface area (Å²) in [5, 5.41) is 5.83. The zero-order valence-electron chi connectivity index (χ0n) is 13.0. The predicted molar refractivity (Wildman–Crippen MR) is 90.4 cm³/mol. The Labute approximate surface area is 144 Å². The molecule has 2 N–H and O–H groups in total. The molecule has 0 bridgehead atoms. The Hall–Kier alpha value is -2.40. The summed E-state index contributed by atoms with van der Waals surface area (Å²) in [4.78, 5) is 23.6. The SMILES string of the molecule is C[C@@H](NC(=O)Cc1c(F)cccc1Cl)c1ccc2c(c1)CC(=O)N2. The van der Waals surface area contributed by atoms with Gasteiger partial charge in [0.05, 0.1) is 18.9 Å². The lowest BCUT2D eigenvalue weighted by Crippen LogP contribution is -2.28. The number of anilines is 1. The molecule has 3 rings (SSSR count). The zero-order chi connectivity index (χ0) is 17.3. The lowest BCUT2D eigenvalue weighted by atomic mass is 10.0. The largest absolute Gasteiger partial charge is 0.349 e. The third-order valence-corrected chi connectivity index (χ3v) is 4.39. The van der Waals surface area contributed by atoms with Crippen molar-refractivity contribution in [1.82, 2.24) is 5.32 Å². The van der Waals surface area contributed by atoms with E-state index in [4.69, 9.17) is 11.6 Å². The van der Waals surface area contributed by atoms with Crippen LogP contribution in [0.4, 0.5) is 10.1 Å². The molecule has 0 spiro atoms. The van der Waals surface area contributed by atoms with E-state index in [1.165, 1.54) is 12.1 Å². The number of hydrogen-bond donors (Lipinski definition) is 2. The Morgan fingerprint density at radius 2 is 2.17 bits per heavy atom. The lowest BCUT2D eigenvalue weighted by molar-refractivity contribution is -0.121. The van der Waals surface area contributed by atoms with Crippen LogP contribution in [0.1, 0.15) is 29.7 Å². The van der Waals surface area contributed by atoms with Gasteiger partial charge >= 0.3 is 0 Å². The number of amides is 2.